The van der Waals surface area contributed by atoms with E-state index in [0.29, 0.717) is 12.5 Å². The standard InChI is InChI=1S/C16H22BrF2N3O/c1-16(2,3)22-5-4-10(9-22)8-20-15(23)21-14-12(17)6-11(18)7-13(14)19/h6-7,10H,4-5,8-9H2,1-3H3,(H2,20,21,23). The molecule has 23 heavy (non-hydrogen) atoms. The monoisotopic (exact) mass is 389 g/mol. The Morgan fingerprint density at radius 3 is 2.65 bits per heavy atom. The lowest BCUT2D eigenvalue weighted by Gasteiger charge is -2.31. The van der Waals surface area contributed by atoms with Gasteiger partial charge in [-0.2, -0.15) is 0 Å². The van der Waals surface area contributed by atoms with Crippen molar-refractivity contribution in [2.75, 3.05) is 25.0 Å². The third-order valence-corrected chi connectivity index (χ3v) is 4.66. The van der Waals surface area contributed by atoms with Gasteiger partial charge in [-0.25, -0.2) is 13.6 Å². The van der Waals surface area contributed by atoms with Crippen LogP contribution in [0, 0.1) is 17.6 Å². The van der Waals surface area contributed by atoms with Crippen molar-refractivity contribution in [3.8, 4) is 0 Å². The van der Waals surface area contributed by atoms with E-state index in [-0.39, 0.29) is 15.7 Å². The number of amides is 2. The summed E-state index contributed by atoms with van der Waals surface area (Å²) in [5.74, 6) is -1.14. The second kappa shape index (κ2) is 7.13. The van der Waals surface area contributed by atoms with E-state index in [0.717, 1.165) is 31.6 Å². The van der Waals surface area contributed by atoms with Gasteiger partial charge in [-0.05, 0) is 61.7 Å². The number of carbonyl (C=O) groups is 1. The van der Waals surface area contributed by atoms with Crippen molar-refractivity contribution in [2.24, 2.45) is 5.92 Å². The number of rotatable bonds is 3. The molecule has 1 aliphatic rings. The molecule has 7 heteroatoms. The van der Waals surface area contributed by atoms with Crippen LogP contribution >= 0.6 is 15.9 Å². The van der Waals surface area contributed by atoms with Crippen molar-refractivity contribution in [3.63, 3.8) is 0 Å². The van der Waals surface area contributed by atoms with Crippen LogP contribution in [0.4, 0.5) is 19.3 Å². The quantitative estimate of drug-likeness (QED) is 0.821. The van der Waals surface area contributed by atoms with Crippen LogP contribution in [-0.4, -0.2) is 36.1 Å². The average molecular weight is 390 g/mol. The highest BCUT2D eigenvalue weighted by Gasteiger charge is 2.30. The van der Waals surface area contributed by atoms with Gasteiger partial charge in [-0.3, -0.25) is 4.90 Å². The molecule has 2 rings (SSSR count). The Hall–Kier alpha value is -1.21. The summed E-state index contributed by atoms with van der Waals surface area (Å²) in [7, 11) is 0. The van der Waals surface area contributed by atoms with Crippen LogP contribution in [0.5, 0.6) is 0 Å². The summed E-state index contributed by atoms with van der Waals surface area (Å²) in [6.07, 6.45) is 1.02. The van der Waals surface area contributed by atoms with Crippen LogP contribution in [0.15, 0.2) is 16.6 Å². The summed E-state index contributed by atoms with van der Waals surface area (Å²) >= 11 is 3.04. The van der Waals surface area contributed by atoms with Crippen LogP contribution in [0.25, 0.3) is 0 Å². The number of hydrogen-bond acceptors (Lipinski definition) is 2. The van der Waals surface area contributed by atoms with Crippen LogP contribution in [-0.2, 0) is 0 Å². The molecule has 2 N–H and O–H groups in total. The number of anilines is 1. The largest absolute Gasteiger partial charge is 0.338 e. The van der Waals surface area contributed by atoms with Crippen molar-refractivity contribution in [1.82, 2.24) is 10.2 Å². The molecule has 1 fully saturated rings. The zero-order chi connectivity index (χ0) is 17.2. The molecular weight excluding hydrogens is 368 g/mol. The fourth-order valence-electron chi connectivity index (χ4n) is 2.66. The van der Waals surface area contributed by atoms with E-state index >= 15 is 0 Å². The maximum Gasteiger partial charge on any atom is 0.319 e. The first kappa shape index (κ1) is 18.1. The molecule has 0 bridgehead atoms. The maximum absolute atomic E-state index is 13.7. The minimum absolute atomic E-state index is 0.0633. The van der Waals surface area contributed by atoms with Crippen molar-refractivity contribution in [2.45, 2.75) is 32.7 Å². The molecule has 1 unspecified atom stereocenters. The molecule has 1 aliphatic heterocycles. The first-order valence-electron chi connectivity index (χ1n) is 7.61. The highest BCUT2D eigenvalue weighted by Crippen LogP contribution is 2.27. The van der Waals surface area contributed by atoms with Crippen molar-refractivity contribution in [3.05, 3.63) is 28.2 Å². The van der Waals surface area contributed by atoms with E-state index < -0.39 is 17.7 Å². The van der Waals surface area contributed by atoms with Crippen LogP contribution < -0.4 is 10.6 Å². The fraction of sp³-hybridized carbons (Fsp3) is 0.562. The third-order valence-electron chi connectivity index (χ3n) is 4.03. The van der Waals surface area contributed by atoms with Gasteiger partial charge in [0, 0.05) is 29.2 Å². The molecule has 0 aliphatic carbocycles. The molecule has 1 heterocycles. The molecule has 1 saturated heterocycles. The number of nitrogens with one attached hydrogen (secondary N) is 2. The second-order valence-electron chi connectivity index (χ2n) is 6.85. The van der Waals surface area contributed by atoms with E-state index in [1.165, 1.54) is 0 Å². The lowest BCUT2D eigenvalue weighted by Crippen LogP contribution is -2.40. The molecule has 0 saturated carbocycles. The first-order chi connectivity index (χ1) is 10.7. The second-order valence-corrected chi connectivity index (χ2v) is 7.71. The summed E-state index contributed by atoms with van der Waals surface area (Å²) in [5.41, 5.74) is 0.0608. The molecule has 0 radical (unpaired) electrons. The fourth-order valence-corrected chi connectivity index (χ4v) is 3.17. The van der Waals surface area contributed by atoms with Gasteiger partial charge in [0.2, 0.25) is 0 Å². The van der Waals surface area contributed by atoms with Crippen molar-refractivity contribution >= 4 is 27.6 Å². The van der Waals surface area contributed by atoms with Crippen LogP contribution in [0.2, 0.25) is 0 Å². The van der Waals surface area contributed by atoms with Crippen LogP contribution in [0.1, 0.15) is 27.2 Å². The SMILES string of the molecule is CC(C)(C)N1CCC(CNC(=O)Nc2c(F)cc(F)cc2Br)C1. The normalized spacial score (nSPS) is 19.0. The van der Waals surface area contributed by atoms with Crippen molar-refractivity contribution < 1.29 is 13.6 Å². The van der Waals surface area contributed by atoms with E-state index in [9.17, 15) is 13.6 Å². The summed E-state index contributed by atoms with van der Waals surface area (Å²) in [6, 6.07) is 1.35. The van der Waals surface area contributed by atoms with E-state index in [2.05, 4.69) is 52.2 Å². The third kappa shape index (κ3) is 4.88. The minimum Gasteiger partial charge on any atom is -0.338 e. The van der Waals surface area contributed by atoms with E-state index in [4.69, 9.17) is 0 Å². The Morgan fingerprint density at radius 2 is 2.09 bits per heavy atom. The molecule has 1 aromatic rings. The number of urea groups is 1. The lowest BCUT2D eigenvalue weighted by atomic mass is 10.1. The number of likely N-dealkylation sites (tertiary alicyclic amines) is 1. The van der Waals surface area contributed by atoms with Crippen LogP contribution in [0.3, 0.4) is 0 Å². The smallest absolute Gasteiger partial charge is 0.319 e. The predicted molar refractivity (Wildman–Crippen MR) is 90.5 cm³/mol. The maximum atomic E-state index is 13.7. The molecule has 0 aromatic heterocycles. The molecule has 1 atom stereocenters. The van der Waals surface area contributed by atoms with Gasteiger partial charge in [0.25, 0.3) is 0 Å². The minimum atomic E-state index is -0.813. The Bertz CT molecular complexity index is 566. The Kier molecular flexibility index (Phi) is 5.62. The first-order valence-corrected chi connectivity index (χ1v) is 8.40. The summed E-state index contributed by atoms with van der Waals surface area (Å²) < 4.78 is 26.9. The lowest BCUT2D eigenvalue weighted by molar-refractivity contribution is 0.168. The van der Waals surface area contributed by atoms with Gasteiger partial charge in [0.15, 0.2) is 5.82 Å². The Balaban J connectivity index is 1.85. The summed E-state index contributed by atoms with van der Waals surface area (Å²) in [5, 5.41) is 5.18. The topological polar surface area (TPSA) is 44.4 Å². The summed E-state index contributed by atoms with van der Waals surface area (Å²) in [6.45, 7) is 8.98. The van der Waals surface area contributed by atoms with Gasteiger partial charge >= 0.3 is 6.03 Å². The highest BCUT2D eigenvalue weighted by atomic mass is 79.9. The predicted octanol–water partition coefficient (Wildman–Crippen LogP) is 3.97. The van der Waals surface area contributed by atoms with Gasteiger partial charge in [-0.15, -0.1) is 0 Å². The van der Waals surface area contributed by atoms with Gasteiger partial charge in [0.05, 0.1) is 5.69 Å². The molecule has 0 spiro atoms. The number of halogens is 3. The Labute approximate surface area is 143 Å². The number of nitrogens with zero attached hydrogens (tertiary/aromatic N) is 1. The number of carbonyl (C=O) groups excluding carboxylic acids is 1. The summed E-state index contributed by atoms with van der Waals surface area (Å²) in [4.78, 5) is 14.3. The van der Waals surface area contributed by atoms with Crippen molar-refractivity contribution in [1.29, 1.82) is 0 Å². The molecular formula is C16H22BrF2N3O. The molecule has 128 valence electrons. The zero-order valence-corrected chi connectivity index (χ0v) is 15.1. The molecule has 4 nitrogen and oxygen atoms in total. The highest BCUT2D eigenvalue weighted by molar-refractivity contribution is 9.10. The molecule has 1 aromatic carbocycles. The van der Waals surface area contributed by atoms with Gasteiger partial charge < -0.3 is 10.6 Å². The van der Waals surface area contributed by atoms with E-state index in [1.807, 2.05) is 0 Å². The Morgan fingerprint density at radius 1 is 1.39 bits per heavy atom. The average Bonchev–Trinajstić information content (AvgIpc) is 2.89. The van der Waals surface area contributed by atoms with E-state index in [1.54, 1.807) is 0 Å². The molecule has 2 amide bonds. The number of hydrogen-bond donors (Lipinski definition) is 2. The zero-order valence-electron chi connectivity index (χ0n) is 13.5. The van der Waals surface area contributed by atoms with Gasteiger partial charge in [0.1, 0.15) is 5.82 Å². The number of benzene rings is 1. The van der Waals surface area contributed by atoms with Gasteiger partial charge in [-0.1, -0.05) is 0 Å².